The third kappa shape index (κ3) is 3.61. The number of nitrogens with one attached hydrogen (secondary N) is 1. The number of rotatable bonds is 4. The monoisotopic (exact) mass is 444 g/mol. The van der Waals surface area contributed by atoms with Crippen LogP contribution >= 0.6 is 27.5 Å². The maximum atomic E-state index is 14.4. The summed E-state index contributed by atoms with van der Waals surface area (Å²) in [5.41, 5.74) is -0.0693. The maximum absolute atomic E-state index is 14.4. The van der Waals surface area contributed by atoms with Gasteiger partial charge in [0.25, 0.3) is 6.43 Å². The van der Waals surface area contributed by atoms with Crippen molar-refractivity contribution < 1.29 is 13.2 Å². The number of halogens is 5. The lowest BCUT2D eigenvalue weighted by Gasteiger charge is -2.18. The average molecular weight is 446 g/mol. The molecule has 0 fully saturated rings. The third-order valence-electron chi connectivity index (χ3n) is 3.83. The SMILES string of the molecule is Cc1nc(N[C@H](C)c2cccc(C(F)F)c2F)c2cc(Br)nc(Cl)c2n1. The van der Waals surface area contributed by atoms with Gasteiger partial charge in [-0.25, -0.2) is 28.1 Å². The van der Waals surface area contributed by atoms with Crippen LogP contribution in [0.1, 0.15) is 36.3 Å². The zero-order chi connectivity index (χ0) is 19.0. The van der Waals surface area contributed by atoms with Gasteiger partial charge in [0.15, 0.2) is 5.15 Å². The highest BCUT2D eigenvalue weighted by Gasteiger charge is 2.20. The first-order chi connectivity index (χ1) is 12.3. The molecule has 2 aromatic heterocycles. The Hall–Kier alpha value is -1.93. The van der Waals surface area contributed by atoms with Gasteiger partial charge in [0.2, 0.25) is 0 Å². The molecular weight excluding hydrogens is 433 g/mol. The van der Waals surface area contributed by atoms with Gasteiger partial charge < -0.3 is 5.32 Å². The van der Waals surface area contributed by atoms with Crippen molar-refractivity contribution in [2.75, 3.05) is 5.32 Å². The topological polar surface area (TPSA) is 50.7 Å². The van der Waals surface area contributed by atoms with Crippen molar-refractivity contribution in [3.63, 3.8) is 0 Å². The van der Waals surface area contributed by atoms with Crippen LogP contribution in [0.2, 0.25) is 5.15 Å². The Bertz CT molecular complexity index is 984. The van der Waals surface area contributed by atoms with Crippen molar-refractivity contribution in [2.45, 2.75) is 26.3 Å². The Balaban J connectivity index is 2.06. The molecule has 3 rings (SSSR count). The molecule has 136 valence electrons. The van der Waals surface area contributed by atoms with E-state index in [1.165, 1.54) is 12.1 Å². The molecule has 9 heteroatoms. The summed E-state index contributed by atoms with van der Waals surface area (Å²) < 4.78 is 40.8. The first kappa shape index (κ1) is 18.8. The van der Waals surface area contributed by atoms with Crippen LogP contribution in [-0.4, -0.2) is 15.0 Å². The van der Waals surface area contributed by atoms with Gasteiger partial charge in [0.1, 0.15) is 27.6 Å². The maximum Gasteiger partial charge on any atom is 0.266 e. The van der Waals surface area contributed by atoms with Gasteiger partial charge >= 0.3 is 0 Å². The van der Waals surface area contributed by atoms with Gasteiger partial charge in [-0.3, -0.25) is 0 Å². The Labute approximate surface area is 161 Å². The minimum Gasteiger partial charge on any atom is -0.363 e. The average Bonchev–Trinajstić information content (AvgIpc) is 2.55. The molecule has 1 N–H and O–H groups in total. The highest BCUT2D eigenvalue weighted by molar-refractivity contribution is 9.10. The standard InChI is InChI=1S/C17H13BrClF3N4/c1-7(9-4-3-5-10(13(9)20)16(21)22)23-17-11-6-12(18)26-15(19)14(11)24-8(2)25-17/h3-7,16H,1-2H3,(H,23,24,25)/t7-/m1/s1. The number of aryl methyl sites for hydroxylation is 1. The molecule has 0 radical (unpaired) electrons. The number of pyridine rings is 1. The van der Waals surface area contributed by atoms with Crippen LogP contribution < -0.4 is 5.32 Å². The van der Waals surface area contributed by atoms with E-state index in [2.05, 4.69) is 36.2 Å². The Morgan fingerprint density at radius 2 is 1.85 bits per heavy atom. The van der Waals surface area contributed by atoms with Crippen LogP contribution in [0, 0.1) is 12.7 Å². The number of nitrogens with zero attached hydrogens (tertiary/aromatic N) is 3. The molecule has 0 aliphatic carbocycles. The molecule has 0 saturated carbocycles. The molecule has 0 spiro atoms. The summed E-state index contributed by atoms with van der Waals surface area (Å²) in [6.07, 6.45) is -2.88. The van der Waals surface area contributed by atoms with E-state index in [1.54, 1.807) is 19.9 Å². The van der Waals surface area contributed by atoms with Crippen LogP contribution in [0.3, 0.4) is 0 Å². The Morgan fingerprint density at radius 1 is 1.15 bits per heavy atom. The summed E-state index contributed by atoms with van der Waals surface area (Å²) in [4.78, 5) is 12.7. The third-order valence-corrected chi connectivity index (χ3v) is 4.50. The van der Waals surface area contributed by atoms with E-state index in [0.29, 0.717) is 27.1 Å². The van der Waals surface area contributed by atoms with E-state index < -0.39 is 23.8 Å². The van der Waals surface area contributed by atoms with Crippen molar-refractivity contribution >= 4 is 44.3 Å². The predicted octanol–water partition coefficient (Wildman–Crippen LogP) is 6.00. The first-order valence-electron chi connectivity index (χ1n) is 7.61. The summed E-state index contributed by atoms with van der Waals surface area (Å²) in [5.74, 6) is -0.0784. The summed E-state index contributed by atoms with van der Waals surface area (Å²) in [5, 5.41) is 3.84. The van der Waals surface area contributed by atoms with Crippen LogP contribution in [0.15, 0.2) is 28.9 Å². The molecule has 1 atom stereocenters. The molecule has 0 amide bonds. The van der Waals surface area contributed by atoms with Crippen LogP contribution in [-0.2, 0) is 0 Å². The van der Waals surface area contributed by atoms with Crippen molar-refractivity contribution in [3.05, 3.63) is 56.8 Å². The number of fused-ring (bicyclic) bond motifs is 1. The molecule has 0 aliphatic heterocycles. The fourth-order valence-electron chi connectivity index (χ4n) is 2.64. The fourth-order valence-corrected chi connectivity index (χ4v) is 3.38. The number of benzene rings is 1. The van der Waals surface area contributed by atoms with Crippen molar-refractivity contribution in [3.8, 4) is 0 Å². The van der Waals surface area contributed by atoms with Crippen LogP contribution in [0.4, 0.5) is 19.0 Å². The predicted molar refractivity (Wildman–Crippen MR) is 98.2 cm³/mol. The van der Waals surface area contributed by atoms with Gasteiger partial charge in [0.05, 0.1) is 11.6 Å². The number of aromatic nitrogens is 3. The molecule has 2 heterocycles. The van der Waals surface area contributed by atoms with E-state index >= 15 is 0 Å². The highest BCUT2D eigenvalue weighted by atomic mass is 79.9. The summed E-state index contributed by atoms with van der Waals surface area (Å²) in [7, 11) is 0. The summed E-state index contributed by atoms with van der Waals surface area (Å²) in [6, 6.07) is 5.00. The van der Waals surface area contributed by atoms with Gasteiger partial charge in [-0.05, 0) is 35.8 Å². The van der Waals surface area contributed by atoms with E-state index in [4.69, 9.17) is 11.6 Å². The van der Waals surface area contributed by atoms with Gasteiger partial charge in [-0.1, -0.05) is 29.8 Å². The molecule has 0 saturated heterocycles. The minimum absolute atomic E-state index is 0.117. The second-order valence-corrected chi connectivity index (χ2v) is 6.84. The molecule has 4 nitrogen and oxygen atoms in total. The lowest BCUT2D eigenvalue weighted by molar-refractivity contribution is 0.146. The minimum atomic E-state index is -2.88. The number of hydrogen-bond donors (Lipinski definition) is 1. The number of hydrogen-bond acceptors (Lipinski definition) is 4. The molecule has 0 unspecified atom stereocenters. The molecule has 26 heavy (non-hydrogen) atoms. The van der Waals surface area contributed by atoms with E-state index in [9.17, 15) is 13.2 Å². The van der Waals surface area contributed by atoms with Crippen molar-refractivity contribution in [1.29, 1.82) is 0 Å². The van der Waals surface area contributed by atoms with E-state index in [0.717, 1.165) is 6.07 Å². The molecule has 0 bridgehead atoms. The largest absolute Gasteiger partial charge is 0.363 e. The van der Waals surface area contributed by atoms with Gasteiger partial charge in [-0.2, -0.15) is 0 Å². The summed E-state index contributed by atoms with van der Waals surface area (Å²) in [6.45, 7) is 3.35. The smallest absolute Gasteiger partial charge is 0.266 e. The van der Waals surface area contributed by atoms with Gasteiger partial charge in [0, 0.05) is 10.9 Å². The molecule has 3 aromatic rings. The highest BCUT2D eigenvalue weighted by Crippen LogP contribution is 2.32. The zero-order valence-electron chi connectivity index (χ0n) is 13.7. The lowest BCUT2D eigenvalue weighted by Crippen LogP contribution is -2.12. The molecular formula is C17H13BrClF3N4. The zero-order valence-corrected chi connectivity index (χ0v) is 16.0. The second-order valence-electron chi connectivity index (χ2n) is 5.67. The Kier molecular flexibility index (Phi) is 5.34. The Morgan fingerprint density at radius 3 is 2.54 bits per heavy atom. The van der Waals surface area contributed by atoms with E-state index in [-0.39, 0.29) is 10.7 Å². The normalized spacial score (nSPS) is 12.6. The lowest BCUT2D eigenvalue weighted by atomic mass is 10.0. The van der Waals surface area contributed by atoms with Crippen molar-refractivity contribution in [2.24, 2.45) is 0 Å². The van der Waals surface area contributed by atoms with Gasteiger partial charge in [-0.15, -0.1) is 0 Å². The van der Waals surface area contributed by atoms with Crippen LogP contribution in [0.5, 0.6) is 0 Å². The number of alkyl halides is 2. The van der Waals surface area contributed by atoms with Crippen LogP contribution in [0.25, 0.3) is 10.9 Å². The molecule has 0 aliphatic rings. The molecule has 1 aromatic carbocycles. The number of anilines is 1. The quantitative estimate of drug-likeness (QED) is 0.501. The fraction of sp³-hybridized carbons (Fsp3) is 0.235. The second kappa shape index (κ2) is 7.36. The first-order valence-corrected chi connectivity index (χ1v) is 8.78. The van der Waals surface area contributed by atoms with E-state index in [1.807, 2.05) is 0 Å². The summed E-state index contributed by atoms with van der Waals surface area (Å²) >= 11 is 9.40. The van der Waals surface area contributed by atoms with Crippen molar-refractivity contribution in [1.82, 2.24) is 15.0 Å².